The lowest BCUT2D eigenvalue weighted by molar-refractivity contribution is 0.0944. The zero-order chi connectivity index (χ0) is 28.1. The molecule has 0 bridgehead atoms. The minimum absolute atomic E-state index is 0.127. The highest BCUT2D eigenvalue weighted by molar-refractivity contribution is 7.98. The molecule has 40 heavy (non-hydrogen) atoms. The van der Waals surface area contributed by atoms with Crippen LogP contribution < -0.4 is 5.32 Å². The lowest BCUT2D eigenvalue weighted by atomic mass is 10.0. The molecule has 4 aromatic rings. The van der Waals surface area contributed by atoms with Crippen molar-refractivity contribution in [3.63, 3.8) is 0 Å². The van der Waals surface area contributed by atoms with E-state index in [-0.39, 0.29) is 5.91 Å². The number of likely N-dealkylation sites (tertiary alicyclic amines) is 1. The van der Waals surface area contributed by atoms with Gasteiger partial charge in [-0.15, -0.1) is 21.5 Å². The van der Waals surface area contributed by atoms with Crippen molar-refractivity contribution >= 4 is 52.2 Å². The number of carbonyl (C=O) groups is 1. The lowest BCUT2D eigenvalue weighted by Crippen LogP contribution is -2.39. The van der Waals surface area contributed by atoms with Crippen molar-refractivity contribution in [1.29, 1.82) is 0 Å². The first-order valence-corrected chi connectivity index (χ1v) is 16.1. The minimum Gasteiger partial charge on any atom is -0.351 e. The van der Waals surface area contributed by atoms with E-state index in [4.69, 9.17) is 23.2 Å². The molecule has 210 valence electrons. The van der Waals surface area contributed by atoms with Gasteiger partial charge < -0.3 is 10.2 Å². The monoisotopic (exact) mass is 614 g/mol. The van der Waals surface area contributed by atoms with Crippen LogP contribution in [-0.4, -0.2) is 56.2 Å². The number of thiazole rings is 1. The molecular formula is C29H32Cl2N6OS2. The molecule has 0 radical (unpaired) electrons. The summed E-state index contributed by atoms with van der Waals surface area (Å²) in [5.41, 5.74) is 3.15. The lowest BCUT2D eigenvalue weighted by Gasteiger charge is -2.33. The molecule has 1 unspecified atom stereocenters. The average Bonchev–Trinajstić information content (AvgIpc) is 3.60. The van der Waals surface area contributed by atoms with Gasteiger partial charge in [-0.3, -0.25) is 9.36 Å². The Bertz CT molecular complexity index is 1470. The van der Waals surface area contributed by atoms with Gasteiger partial charge in [0.25, 0.3) is 5.91 Å². The summed E-state index contributed by atoms with van der Waals surface area (Å²) in [6.45, 7) is 7.14. The highest BCUT2D eigenvalue weighted by atomic mass is 35.5. The van der Waals surface area contributed by atoms with E-state index in [9.17, 15) is 4.79 Å². The molecule has 0 saturated carbocycles. The van der Waals surface area contributed by atoms with Crippen LogP contribution >= 0.6 is 46.3 Å². The normalized spacial score (nSPS) is 15.8. The van der Waals surface area contributed by atoms with Crippen LogP contribution in [0.25, 0.3) is 17.1 Å². The smallest absolute Gasteiger partial charge is 0.270 e. The molecule has 1 amide bonds. The van der Waals surface area contributed by atoms with E-state index in [0.29, 0.717) is 45.1 Å². The van der Waals surface area contributed by atoms with Gasteiger partial charge in [-0.25, -0.2) is 4.98 Å². The van der Waals surface area contributed by atoms with Gasteiger partial charge in [0.1, 0.15) is 10.7 Å². The molecular weight excluding hydrogens is 583 g/mol. The number of nitrogens with one attached hydrogen (secondary N) is 1. The van der Waals surface area contributed by atoms with Gasteiger partial charge in [-0.05, 0) is 69.5 Å². The van der Waals surface area contributed by atoms with Crippen LogP contribution in [0.3, 0.4) is 0 Å². The molecule has 7 nitrogen and oxygen atoms in total. The van der Waals surface area contributed by atoms with E-state index in [0.717, 1.165) is 41.3 Å². The van der Waals surface area contributed by atoms with Crippen LogP contribution in [0.1, 0.15) is 53.7 Å². The molecule has 1 aliphatic heterocycles. The molecule has 1 saturated heterocycles. The Balaban J connectivity index is 1.26. The zero-order valence-electron chi connectivity index (χ0n) is 22.6. The third-order valence-electron chi connectivity index (χ3n) is 7.12. The quantitative estimate of drug-likeness (QED) is 0.149. The Kier molecular flexibility index (Phi) is 9.80. The number of thioether (sulfide) groups is 1. The van der Waals surface area contributed by atoms with Crippen molar-refractivity contribution in [2.24, 2.45) is 0 Å². The number of aromatic nitrogens is 4. The van der Waals surface area contributed by atoms with Crippen LogP contribution in [0.15, 0.2) is 53.0 Å². The van der Waals surface area contributed by atoms with E-state index in [1.54, 1.807) is 0 Å². The molecule has 0 spiro atoms. The second-order valence-electron chi connectivity index (χ2n) is 9.96. The van der Waals surface area contributed by atoms with E-state index in [1.165, 1.54) is 42.4 Å². The largest absolute Gasteiger partial charge is 0.351 e. The van der Waals surface area contributed by atoms with Crippen molar-refractivity contribution < 1.29 is 4.79 Å². The highest BCUT2D eigenvalue weighted by Crippen LogP contribution is 2.35. The fourth-order valence-electron chi connectivity index (χ4n) is 4.89. The average molecular weight is 616 g/mol. The van der Waals surface area contributed by atoms with Gasteiger partial charge in [0.2, 0.25) is 0 Å². The van der Waals surface area contributed by atoms with Crippen LogP contribution in [0, 0.1) is 6.92 Å². The molecule has 1 fully saturated rings. The van der Waals surface area contributed by atoms with Crippen LogP contribution in [0.4, 0.5) is 0 Å². The molecule has 0 aliphatic carbocycles. The number of hydrogen-bond donors (Lipinski definition) is 1. The predicted molar refractivity (Wildman–Crippen MR) is 165 cm³/mol. The van der Waals surface area contributed by atoms with Gasteiger partial charge in [-0.1, -0.05) is 59.6 Å². The zero-order valence-corrected chi connectivity index (χ0v) is 25.7. The van der Waals surface area contributed by atoms with Gasteiger partial charge in [0, 0.05) is 35.1 Å². The number of aryl methyl sites for hydroxylation is 1. The highest BCUT2D eigenvalue weighted by Gasteiger charge is 2.21. The van der Waals surface area contributed by atoms with E-state index in [2.05, 4.69) is 32.3 Å². The van der Waals surface area contributed by atoms with Crippen molar-refractivity contribution in [2.45, 2.75) is 56.5 Å². The number of piperidine rings is 1. The van der Waals surface area contributed by atoms with E-state index >= 15 is 0 Å². The minimum atomic E-state index is -0.127. The second kappa shape index (κ2) is 13.5. The molecule has 1 aliphatic rings. The third-order valence-corrected chi connectivity index (χ3v) is 9.65. The second-order valence-corrected chi connectivity index (χ2v) is 12.7. The fourth-order valence-corrected chi connectivity index (χ4v) is 7.02. The first kappa shape index (κ1) is 29.1. The summed E-state index contributed by atoms with van der Waals surface area (Å²) >= 11 is 15.9. The predicted octanol–water partition coefficient (Wildman–Crippen LogP) is 7.29. The standard InChI is InChI=1S/C29H32Cl2N6OS2/c1-19-11-12-21(30)16-25(19)37-27(22-9-3-4-10-23(22)31)34-35-29(37)40-18-26-33-24(17-39-26)28(38)32-13-7-15-36-14-6-5-8-20(36)2/h3-4,9-12,16-17,20H,5-8,13-15,18H2,1-2H3,(H,32,38). The molecule has 11 heteroatoms. The number of hydrogen-bond acceptors (Lipinski definition) is 7. The summed E-state index contributed by atoms with van der Waals surface area (Å²) < 4.78 is 1.98. The van der Waals surface area contributed by atoms with Crippen molar-refractivity contribution in [1.82, 2.24) is 30.0 Å². The Morgan fingerprint density at radius 2 is 2.02 bits per heavy atom. The number of carbonyl (C=O) groups excluding carboxylic acids is 1. The Hall–Kier alpha value is -2.43. The van der Waals surface area contributed by atoms with Gasteiger partial charge in [-0.2, -0.15) is 0 Å². The molecule has 1 atom stereocenters. The summed E-state index contributed by atoms with van der Waals surface area (Å²) in [5.74, 6) is 1.06. The van der Waals surface area contributed by atoms with E-state index < -0.39 is 0 Å². The van der Waals surface area contributed by atoms with Crippen molar-refractivity contribution in [3.05, 3.63) is 74.2 Å². The first-order valence-electron chi connectivity index (χ1n) is 13.5. The Morgan fingerprint density at radius 3 is 2.85 bits per heavy atom. The Labute approximate surface area is 253 Å². The topological polar surface area (TPSA) is 75.9 Å². The number of nitrogens with zero attached hydrogens (tertiary/aromatic N) is 5. The summed E-state index contributed by atoms with van der Waals surface area (Å²) in [5, 5.41) is 16.6. The number of halogens is 2. The summed E-state index contributed by atoms with van der Waals surface area (Å²) in [6, 6.07) is 14.0. The van der Waals surface area contributed by atoms with E-state index in [1.807, 2.05) is 59.3 Å². The number of benzene rings is 2. The SMILES string of the molecule is Cc1ccc(Cl)cc1-n1c(SCc2nc(C(=O)NCCCN3CCCCC3C)cs2)nnc1-c1ccccc1Cl. The molecule has 2 aromatic carbocycles. The van der Waals surface area contributed by atoms with Gasteiger partial charge in [0.05, 0.1) is 16.5 Å². The fraction of sp³-hybridized carbons (Fsp3) is 0.379. The van der Waals surface area contributed by atoms with Gasteiger partial charge >= 0.3 is 0 Å². The molecule has 3 heterocycles. The number of amides is 1. The Morgan fingerprint density at radius 1 is 1.18 bits per heavy atom. The van der Waals surface area contributed by atoms with Crippen molar-refractivity contribution in [2.75, 3.05) is 19.6 Å². The number of rotatable bonds is 10. The van der Waals surface area contributed by atoms with Crippen LogP contribution in [-0.2, 0) is 5.75 Å². The van der Waals surface area contributed by atoms with Crippen molar-refractivity contribution in [3.8, 4) is 17.1 Å². The summed E-state index contributed by atoms with van der Waals surface area (Å²) in [6.07, 6.45) is 4.80. The molecule has 5 rings (SSSR count). The maximum atomic E-state index is 12.7. The summed E-state index contributed by atoms with van der Waals surface area (Å²) in [7, 11) is 0. The maximum Gasteiger partial charge on any atom is 0.270 e. The maximum absolute atomic E-state index is 12.7. The third kappa shape index (κ3) is 6.89. The molecule has 2 aromatic heterocycles. The van der Waals surface area contributed by atoms with Crippen LogP contribution in [0.2, 0.25) is 10.0 Å². The van der Waals surface area contributed by atoms with Crippen LogP contribution in [0.5, 0.6) is 0 Å². The first-order chi connectivity index (χ1) is 19.4. The summed E-state index contributed by atoms with van der Waals surface area (Å²) in [4.78, 5) is 19.8. The van der Waals surface area contributed by atoms with Gasteiger partial charge in [0.15, 0.2) is 11.0 Å². The molecule has 1 N–H and O–H groups in total.